The van der Waals surface area contributed by atoms with Gasteiger partial charge in [0, 0.05) is 32.5 Å². The van der Waals surface area contributed by atoms with E-state index in [0.29, 0.717) is 5.96 Å². The van der Waals surface area contributed by atoms with Gasteiger partial charge in [-0.25, -0.2) is 0 Å². The molecule has 1 aromatic carbocycles. The van der Waals surface area contributed by atoms with Gasteiger partial charge in [-0.15, -0.1) is 0 Å². The predicted molar refractivity (Wildman–Crippen MR) is 90.2 cm³/mol. The van der Waals surface area contributed by atoms with Crippen molar-refractivity contribution in [2.75, 3.05) is 38.7 Å². The molecule has 0 fully saturated rings. The Bertz CT molecular complexity index is 449. The van der Waals surface area contributed by atoms with E-state index in [2.05, 4.69) is 20.9 Å². The number of hydrogen-bond donors (Lipinski definition) is 3. The average molecular weight is 306 g/mol. The van der Waals surface area contributed by atoms with Crippen molar-refractivity contribution in [3.05, 3.63) is 30.3 Å². The second-order valence-electron chi connectivity index (χ2n) is 4.67. The molecular formula is C16H26N4O2. The zero-order chi connectivity index (χ0) is 16.0. The standard InChI is InChI=1S/C16H26N4O2/c1-3-22-12-8-7-11-18-16(17-2)19-13-15(21)20-14-9-5-4-6-10-14/h4-6,9-10H,3,7-8,11-13H2,1-2H3,(H,20,21)(H2,17,18,19). The van der Waals surface area contributed by atoms with E-state index in [1.54, 1.807) is 7.05 Å². The van der Waals surface area contributed by atoms with Crippen molar-refractivity contribution in [3.8, 4) is 0 Å². The highest BCUT2D eigenvalue weighted by Crippen LogP contribution is 2.03. The van der Waals surface area contributed by atoms with Gasteiger partial charge in [0.1, 0.15) is 0 Å². The van der Waals surface area contributed by atoms with E-state index in [1.807, 2.05) is 37.3 Å². The van der Waals surface area contributed by atoms with Gasteiger partial charge in [0.25, 0.3) is 0 Å². The van der Waals surface area contributed by atoms with Crippen molar-refractivity contribution < 1.29 is 9.53 Å². The molecule has 0 aliphatic carbocycles. The quantitative estimate of drug-likeness (QED) is 0.368. The molecule has 3 N–H and O–H groups in total. The number of ether oxygens (including phenoxy) is 1. The molecule has 0 aliphatic rings. The van der Waals surface area contributed by atoms with Gasteiger partial charge in [-0.05, 0) is 31.9 Å². The Morgan fingerprint density at radius 2 is 1.95 bits per heavy atom. The second-order valence-corrected chi connectivity index (χ2v) is 4.67. The Morgan fingerprint density at radius 3 is 2.64 bits per heavy atom. The van der Waals surface area contributed by atoms with Crippen molar-refractivity contribution >= 4 is 17.6 Å². The van der Waals surface area contributed by atoms with Crippen LogP contribution in [-0.4, -0.2) is 45.2 Å². The largest absolute Gasteiger partial charge is 0.382 e. The lowest BCUT2D eigenvalue weighted by Crippen LogP contribution is -2.41. The number of benzene rings is 1. The van der Waals surface area contributed by atoms with Crippen LogP contribution in [0.5, 0.6) is 0 Å². The first-order valence-corrected chi connectivity index (χ1v) is 7.63. The van der Waals surface area contributed by atoms with Gasteiger partial charge in [0.15, 0.2) is 5.96 Å². The summed E-state index contributed by atoms with van der Waals surface area (Å²) < 4.78 is 5.28. The first kappa shape index (κ1) is 18.0. The number of unbranched alkanes of at least 4 members (excludes halogenated alkanes) is 1. The number of aliphatic imine (C=N–C) groups is 1. The molecular weight excluding hydrogens is 280 g/mol. The molecule has 0 aliphatic heterocycles. The number of hydrogen-bond acceptors (Lipinski definition) is 3. The Morgan fingerprint density at radius 1 is 1.18 bits per heavy atom. The molecule has 0 aromatic heterocycles. The number of carbonyl (C=O) groups excluding carboxylic acids is 1. The molecule has 0 spiro atoms. The monoisotopic (exact) mass is 306 g/mol. The number of nitrogens with zero attached hydrogens (tertiary/aromatic N) is 1. The maximum absolute atomic E-state index is 11.8. The maximum Gasteiger partial charge on any atom is 0.243 e. The summed E-state index contributed by atoms with van der Waals surface area (Å²) in [6, 6.07) is 9.37. The summed E-state index contributed by atoms with van der Waals surface area (Å²) in [5, 5.41) is 8.97. The lowest BCUT2D eigenvalue weighted by atomic mass is 10.3. The van der Waals surface area contributed by atoms with E-state index in [-0.39, 0.29) is 12.5 Å². The number of anilines is 1. The van der Waals surface area contributed by atoms with Gasteiger partial charge >= 0.3 is 0 Å². The number of nitrogens with one attached hydrogen (secondary N) is 3. The number of amides is 1. The fourth-order valence-electron chi connectivity index (χ4n) is 1.79. The molecule has 1 rings (SSSR count). The summed E-state index contributed by atoms with van der Waals surface area (Å²) in [5.74, 6) is 0.519. The number of para-hydroxylation sites is 1. The van der Waals surface area contributed by atoms with Gasteiger partial charge < -0.3 is 20.7 Å². The van der Waals surface area contributed by atoms with Crippen molar-refractivity contribution in [2.45, 2.75) is 19.8 Å². The third-order valence-electron chi connectivity index (χ3n) is 2.91. The number of guanidine groups is 1. The smallest absolute Gasteiger partial charge is 0.243 e. The van der Waals surface area contributed by atoms with Gasteiger partial charge in [-0.2, -0.15) is 0 Å². The van der Waals surface area contributed by atoms with Crippen molar-refractivity contribution in [1.82, 2.24) is 10.6 Å². The Kier molecular flexibility index (Phi) is 9.45. The highest BCUT2D eigenvalue weighted by molar-refractivity contribution is 5.94. The topological polar surface area (TPSA) is 74.8 Å². The molecule has 0 saturated carbocycles. The van der Waals surface area contributed by atoms with E-state index in [1.165, 1.54) is 0 Å². The molecule has 22 heavy (non-hydrogen) atoms. The third kappa shape index (κ3) is 8.26. The summed E-state index contributed by atoms with van der Waals surface area (Å²) in [6.45, 7) is 4.50. The molecule has 6 nitrogen and oxygen atoms in total. The Balaban J connectivity index is 2.16. The highest BCUT2D eigenvalue weighted by Gasteiger charge is 2.03. The normalized spacial score (nSPS) is 11.1. The third-order valence-corrected chi connectivity index (χ3v) is 2.91. The molecule has 6 heteroatoms. The van der Waals surface area contributed by atoms with Crippen LogP contribution < -0.4 is 16.0 Å². The van der Waals surface area contributed by atoms with E-state index >= 15 is 0 Å². The van der Waals surface area contributed by atoms with E-state index in [0.717, 1.165) is 38.3 Å². The lowest BCUT2D eigenvalue weighted by Gasteiger charge is -2.12. The van der Waals surface area contributed by atoms with Crippen molar-refractivity contribution in [3.63, 3.8) is 0 Å². The van der Waals surface area contributed by atoms with Crippen LogP contribution in [0.25, 0.3) is 0 Å². The van der Waals surface area contributed by atoms with Crippen LogP contribution in [0.1, 0.15) is 19.8 Å². The second kappa shape index (κ2) is 11.6. The van der Waals surface area contributed by atoms with Crippen molar-refractivity contribution in [2.24, 2.45) is 4.99 Å². The molecule has 0 saturated heterocycles. The minimum atomic E-state index is -0.106. The predicted octanol–water partition coefficient (Wildman–Crippen LogP) is 1.61. The fraction of sp³-hybridized carbons (Fsp3) is 0.500. The lowest BCUT2D eigenvalue weighted by molar-refractivity contribution is -0.115. The minimum Gasteiger partial charge on any atom is -0.382 e. The van der Waals surface area contributed by atoms with Gasteiger partial charge in [0.05, 0.1) is 6.54 Å². The molecule has 0 unspecified atom stereocenters. The van der Waals surface area contributed by atoms with Crippen LogP contribution >= 0.6 is 0 Å². The van der Waals surface area contributed by atoms with E-state index < -0.39 is 0 Å². The minimum absolute atomic E-state index is 0.106. The molecule has 0 heterocycles. The molecule has 0 radical (unpaired) electrons. The molecule has 1 aromatic rings. The summed E-state index contributed by atoms with van der Waals surface area (Å²) in [7, 11) is 1.69. The zero-order valence-corrected chi connectivity index (χ0v) is 13.4. The van der Waals surface area contributed by atoms with E-state index in [9.17, 15) is 4.79 Å². The van der Waals surface area contributed by atoms with Crippen LogP contribution in [0.15, 0.2) is 35.3 Å². The van der Waals surface area contributed by atoms with Crippen LogP contribution in [0.2, 0.25) is 0 Å². The molecule has 0 atom stereocenters. The zero-order valence-electron chi connectivity index (χ0n) is 13.4. The van der Waals surface area contributed by atoms with Crippen LogP contribution in [-0.2, 0) is 9.53 Å². The van der Waals surface area contributed by atoms with Gasteiger partial charge in [0.2, 0.25) is 5.91 Å². The molecule has 0 bridgehead atoms. The summed E-state index contributed by atoms with van der Waals surface area (Å²) in [5.41, 5.74) is 0.785. The van der Waals surface area contributed by atoms with Crippen LogP contribution in [0.4, 0.5) is 5.69 Å². The highest BCUT2D eigenvalue weighted by atomic mass is 16.5. The summed E-state index contributed by atoms with van der Waals surface area (Å²) in [6.07, 6.45) is 2.00. The SMILES string of the molecule is CCOCCCCNC(=NC)NCC(=O)Nc1ccccc1. The Labute approximate surface area is 132 Å². The van der Waals surface area contributed by atoms with Gasteiger partial charge in [-0.3, -0.25) is 9.79 Å². The van der Waals surface area contributed by atoms with E-state index in [4.69, 9.17) is 4.74 Å². The van der Waals surface area contributed by atoms with Crippen molar-refractivity contribution in [1.29, 1.82) is 0 Å². The average Bonchev–Trinajstić information content (AvgIpc) is 2.54. The number of rotatable bonds is 9. The Hall–Kier alpha value is -2.08. The number of carbonyl (C=O) groups is 1. The van der Waals surface area contributed by atoms with Crippen LogP contribution in [0.3, 0.4) is 0 Å². The first-order valence-electron chi connectivity index (χ1n) is 7.63. The summed E-state index contributed by atoms with van der Waals surface area (Å²) in [4.78, 5) is 15.9. The molecule has 1 amide bonds. The first-order chi connectivity index (χ1) is 10.8. The fourth-order valence-corrected chi connectivity index (χ4v) is 1.79. The summed E-state index contributed by atoms with van der Waals surface area (Å²) >= 11 is 0. The van der Waals surface area contributed by atoms with Gasteiger partial charge in [-0.1, -0.05) is 18.2 Å². The maximum atomic E-state index is 11.8. The molecule has 122 valence electrons. The van der Waals surface area contributed by atoms with Crippen LogP contribution in [0, 0.1) is 0 Å².